The average molecular weight is 282 g/mol. The third kappa shape index (κ3) is 6.68. The van der Waals surface area contributed by atoms with Crippen molar-refractivity contribution in [2.75, 3.05) is 30.3 Å². The van der Waals surface area contributed by atoms with Crippen molar-refractivity contribution in [3.63, 3.8) is 0 Å². The fourth-order valence-corrected chi connectivity index (χ4v) is 1.73. The van der Waals surface area contributed by atoms with Gasteiger partial charge in [-0.2, -0.15) is 0 Å². The molecule has 1 rings (SSSR count). The number of aliphatic hydroxyl groups is 1. The molecule has 0 amide bonds. The van der Waals surface area contributed by atoms with E-state index in [9.17, 15) is 5.11 Å². The predicted octanol–water partition coefficient (Wildman–Crippen LogP) is 2.02. The molecule has 0 saturated heterocycles. The second-order valence-corrected chi connectivity index (χ2v) is 4.64. The number of ether oxygens (including phenoxy) is 1. The first-order valence-corrected chi connectivity index (χ1v) is 7.27. The van der Waals surface area contributed by atoms with E-state index in [0.29, 0.717) is 19.0 Å². The van der Waals surface area contributed by atoms with Crippen molar-refractivity contribution in [1.82, 2.24) is 9.97 Å². The highest BCUT2D eigenvalue weighted by Crippen LogP contribution is 2.12. The Bertz CT molecular complexity index is 385. The summed E-state index contributed by atoms with van der Waals surface area (Å²) < 4.78 is 5.35. The lowest BCUT2D eigenvalue weighted by Gasteiger charge is -2.11. The maximum Gasteiger partial charge on any atom is 0.158 e. The first-order valence-electron chi connectivity index (χ1n) is 7.27. The van der Waals surface area contributed by atoms with Crippen LogP contribution in [0.5, 0.6) is 0 Å². The molecule has 0 aliphatic carbocycles. The molecule has 0 aromatic carbocycles. The van der Waals surface area contributed by atoms with E-state index in [2.05, 4.69) is 20.6 Å². The van der Waals surface area contributed by atoms with Gasteiger partial charge in [0.15, 0.2) is 5.82 Å². The highest BCUT2D eigenvalue weighted by Gasteiger charge is 2.04. The molecule has 0 bridgehead atoms. The lowest BCUT2D eigenvalue weighted by atomic mass is 10.2. The molecule has 1 heterocycles. The summed E-state index contributed by atoms with van der Waals surface area (Å²) in [5, 5.41) is 15.7. The third-order valence-corrected chi connectivity index (χ3v) is 2.67. The molecule has 1 aromatic rings. The Kier molecular flexibility index (Phi) is 7.91. The number of hydrogen-bond donors (Lipinski definition) is 3. The van der Waals surface area contributed by atoms with Gasteiger partial charge in [0.1, 0.15) is 18.2 Å². The summed E-state index contributed by atoms with van der Waals surface area (Å²) in [6.45, 7) is 8.43. The second kappa shape index (κ2) is 9.50. The van der Waals surface area contributed by atoms with E-state index in [-0.39, 0.29) is 6.10 Å². The van der Waals surface area contributed by atoms with Crippen molar-refractivity contribution in [2.24, 2.45) is 0 Å². The van der Waals surface area contributed by atoms with Crippen molar-refractivity contribution in [3.8, 4) is 0 Å². The van der Waals surface area contributed by atoms with Crippen LogP contribution in [0, 0.1) is 0 Å². The molecule has 0 spiro atoms. The number of nitrogens with one attached hydrogen (secondary N) is 2. The summed E-state index contributed by atoms with van der Waals surface area (Å²) >= 11 is 0. The third-order valence-electron chi connectivity index (χ3n) is 2.67. The Morgan fingerprint density at radius 2 is 1.95 bits per heavy atom. The van der Waals surface area contributed by atoms with E-state index in [1.54, 1.807) is 6.92 Å². The molecule has 1 unspecified atom stereocenters. The van der Waals surface area contributed by atoms with Gasteiger partial charge in [-0.3, -0.25) is 0 Å². The van der Waals surface area contributed by atoms with Gasteiger partial charge in [0.2, 0.25) is 0 Å². The second-order valence-electron chi connectivity index (χ2n) is 4.64. The van der Waals surface area contributed by atoms with Crippen molar-refractivity contribution >= 4 is 11.6 Å². The Hall–Kier alpha value is -1.40. The fraction of sp³-hybridized carbons (Fsp3) is 0.714. The van der Waals surface area contributed by atoms with Crippen LogP contribution in [-0.4, -0.2) is 40.9 Å². The molecule has 114 valence electrons. The minimum atomic E-state index is -0.256. The molecular weight excluding hydrogens is 256 g/mol. The largest absolute Gasteiger partial charge is 0.393 e. The fourth-order valence-electron chi connectivity index (χ4n) is 1.73. The van der Waals surface area contributed by atoms with Crippen LogP contribution >= 0.6 is 0 Å². The van der Waals surface area contributed by atoms with Gasteiger partial charge in [-0.25, -0.2) is 9.97 Å². The first kappa shape index (κ1) is 16.7. The highest BCUT2D eigenvalue weighted by atomic mass is 16.5. The van der Waals surface area contributed by atoms with Crippen LogP contribution in [0.2, 0.25) is 0 Å². The molecule has 20 heavy (non-hydrogen) atoms. The lowest BCUT2D eigenvalue weighted by Crippen LogP contribution is -2.11. The molecular formula is C14H26N4O2. The topological polar surface area (TPSA) is 79.3 Å². The van der Waals surface area contributed by atoms with E-state index >= 15 is 0 Å². The van der Waals surface area contributed by atoms with Gasteiger partial charge in [0.05, 0.1) is 6.10 Å². The molecule has 1 aromatic heterocycles. The Morgan fingerprint density at radius 3 is 2.55 bits per heavy atom. The minimum absolute atomic E-state index is 0.256. The maximum absolute atomic E-state index is 9.22. The maximum atomic E-state index is 9.22. The van der Waals surface area contributed by atoms with Crippen LogP contribution in [0.1, 0.15) is 39.4 Å². The Labute approximate surface area is 121 Å². The van der Waals surface area contributed by atoms with Crippen LogP contribution in [-0.2, 0) is 11.3 Å². The van der Waals surface area contributed by atoms with Crippen LogP contribution in [0.15, 0.2) is 6.07 Å². The Balaban J connectivity index is 2.60. The SMILES string of the molecule is CCNc1cc(NCCCC(C)O)nc(COCC)n1. The van der Waals surface area contributed by atoms with Gasteiger partial charge in [0, 0.05) is 25.8 Å². The summed E-state index contributed by atoms with van der Waals surface area (Å²) in [6.07, 6.45) is 1.43. The summed E-state index contributed by atoms with van der Waals surface area (Å²) in [5.74, 6) is 2.26. The number of aromatic nitrogens is 2. The Morgan fingerprint density at radius 1 is 1.25 bits per heavy atom. The molecule has 6 nitrogen and oxygen atoms in total. The van der Waals surface area contributed by atoms with E-state index in [0.717, 1.165) is 37.6 Å². The number of aliphatic hydroxyl groups excluding tert-OH is 1. The first-order chi connectivity index (χ1) is 9.65. The van der Waals surface area contributed by atoms with Crippen LogP contribution < -0.4 is 10.6 Å². The molecule has 3 N–H and O–H groups in total. The lowest BCUT2D eigenvalue weighted by molar-refractivity contribution is 0.128. The van der Waals surface area contributed by atoms with Crippen molar-refractivity contribution in [3.05, 3.63) is 11.9 Å². The van der Waals surface area contributed by atoms with Gasteiger partial charge < -0.3 is 20.5 Å². The monoisotopic (exact) mass is 282 g/mol. The van der Waals surface area contributed by atoms with Crippen LogP contribution in [0.4, 0.5) is 11.6 Å². The van der Waals surface area contributed by atoms with Crippen LogP contribution in [0.3, 0.4) is 0 Å². The smallest absolute Gasteiger partial charge is 0.158 e. The number of anilines is 2. The summed E-state index contributed by atoms with van der Waals surface area (Å²) in [7, 11) is 0. The van der Waals surface area contributed by atoms with Gasteiger partial charge in [0.25, 0.3) is 0 Å². The van der Waals surface area contributed by atoms with Gasteiger partial charge in [-0.1, -0.05) is 0 Å². The quantitative estimate of drug-likeness (QED) is 0.570. The van der Waals surface area contributed by atoms with Gasteiger partial charge >= 0.3 is 0 Å². The summed E-state index contributed by atoms with van der Waals surface area (Å²) in [5.41, 5.74) is 0. The molecule has 0 radical (unpaired) electrons. The number of hydrogen-bond acceptors (Lipinski definition) is 6. The van der Waals surface area contributed by atoms with E-state index in [4.69, 9.17) is 4.74 Å². The summed E-state index contributed by atoms with van der Waals surface area (Å²) in [6, 6.07) is 1.89. The van der Waals surface area contributed by atoms with Gasteiger partial charge in [-0.15, -0.1) is 0 Å². The van der Waals surface area contributed by atoms with E-state index in [1.165, 1.54) is 0 Å². The van der Waals surface area contributed by atoms with Crippen molar-refractivity contribution < 1.29 is 9.84 Å². The van der Waals surface area contributed by atoms with Crippen LogP contribution in [0.25, 0.3) is 0 Å². The van der Waals surface area contributed by atoms with E-state index < -0.39 is 0 Å². The number of rotatable bonds is 10. The molecule has 1 atom stereocenters. The number of nitrogens with zero attached hydrogens (tertiary/aromatic N) is 2. The molecule has 0 fully saturated rings. The molecule has 0 aliphatic heterocycles. The molecule has 0 aliphatic rings. The van der Waals surface area contributed by atoms with Gasteiger partial charge in [-0.05, 0) is 33.6 Å². The average Bonchev–Trinajstić information content (AvgIpc) is 2.41. The zero-order valence-corrected chi connectivity index (χ0v) is 12.6. The zero-order valence-electron chi connectivity index (χ0n) is 12.6. The highest BCUT2D eigenvalue weighted by molar-refractivity contribution is 5.47. The van der Waals surface area contributed by atoms with Crippen molar-refractivity contribution in [1.29, 1.82) is 0 Å². The van der Waals surface area contributed by atoms with E-state index in [1.807, 2.05) is 19.9 Å². The standard InChI is InChI=1S/C14H26N4O2/c1-4-15-12-9-13(16-8-6-7-11(3)19)18-14(17-12)10-20-5-2/h9,11,19H,4-8,10H2,1-3H3,(H2,15,16,17,18). The summed E-state index contributed by atoms with van der Waals surface area (Å²) in [4.78, 5) is 8.81. The normalized spacial score (nSPS) is 12.2. The molecule has 0 saturated carbocycles. The zero-order chi connectivity index (χ0) is 14.8. The molecule has 6 heteroatoms. The minimum Gasteiger partial charge on any atom is -0.393 e. The van der Waals surface area contributed by atoms with Crippen molar-refractivity contribution in [2.45, 2.75) is 46.3 Å². The predicted molar refractivity (Wildman–Crippen MR) is 80.9 cm³/mol.